The number of nitrogens with one attached hydrogen (secondary N) is 1. The molecule has 44 heavy (non-hydrogen) atoms. The van der Waals surface area contributed by atoms with Crippen molar-refractivity contribution in [3.05, 3.63) is 108 Å². The second-order valence-corrected chi connectivity index (χ2v) is 11.1. The average molecular weight is 588 g/mol. The molecule has 1 amide bonds. The van der Waals surface area contributed by atoms with Crippen LogP contribution in [0, 0.1) is 5.92 Å². The van der Waals surface area contributed by atoms with E-state index in [-0.39, 0.29) is 11.3 Å². The van der Waals surface area contributed by atoms with E-state index in [2.05, 4.69) is 29.4 Å². The molecule has 0 aromatic heterocycles. The van der Waals surface area contributed by atoms with E-state index >= 15 is 0 Å². The van der Waals surface area contributed by atoms with Gasteiger partial charge < -0.3 is 15.2 Å². The average Bonchev–Trinajstić information content (AvgIpc) is 3.05. The fourth-order valence-corrected chi connectivity index (χ4v) is 5.28. The third kappa shape index (κ3) is 7.11. The molecule has 0 bridgehead atoms. The van der Waals surface area contributed by atoms with Crippen molar-refractivity contribution in [3.8, 4) is 5.75 Å². The number of amides is 1. The predicted octanol–water partition coefficient (Wildman–Crippen LogP) is 10.1. The molecule has 5 rings (SSSR count). The monoisotopic (exact) mass is 587 g/mol. The van der Waals surface area contributed by atoms with Crippen LogP contribution in [0.2, 0.25) is 0 Å². The molecular formula is C37H37N3O4. The third-order valence-corrected chi connectivity index (χ3v) is 7.81. The standard InChI is InChI=1S/C37H37N3O4/c1-3-4-5-13-25(2)22-23-44-37(43)30-19-10-11-20-33(30)39-40-34-24-31(35(41)29-18-9-8-17-28(29)34)36(42)38-32-21-12-15-26-14-6-7-16-27(26)32/h6-12,14-21,24-25,41H,3-5,13,22-23H2,1-2H3,(H,38,42). The second kappa shape index (κ2) is 14.4. The number of fused-ring (bicyclic) bond motifs is 2. The van der Waals surface area contributed by atoms with Crippen LogP contribution >= 0.6 is 0 Å². The van der Waals surface area contributed by atoms with Gasteiger partial charge >= 0.3 is 5.97 Å². The van der Waals surface area contributed by atoms with Gasteiger partial charge in [-0.1, -0.05) is 112 Å². The Hall–Kier alpha value is -5.04. The Morgan fingerprint density at radius 1 is 0.773 bits per heavy atom. The summed E-state index contributed by atoms with van der Waals surface area (Å²) in [5.41, 5.74) is 1.74. The molecule has 224 valence electrons. The number of aromatic hydroxyl groups is 1. The molecule has 5 aromatic carbocycles. The zero-order valence-electron chi connectivity index (χ0n) is 25.1. The fraction of sp³-hybridized carbons (Fsp3) is 0.243. The lowest BCUT2D eigenvalue weighted by Crippen LogP contribution is -2.12. The Morgan fingerprint density at radius 2 is 1.45 bits per heavy atom. The molecule has 7 nitrogen and oxygen atoms in total. The van der Waals surface area contributed by atoms with E-state index in [0.717, 1.165) is 23.6 Å². The molecule has 0 saturated heterocycles. The minimum atomic E-state index is -0.478. The van der Waals surface area contributed by atoms with Gasteiger partial charge in [0.05, 0.1) is 23.4 Å². The highest BCUT2D eigenvalue weighted by Crippen LogP contribution is 2.38. The highest BCUT2D eigenvalue weighted by molar-refractivity contribution is 6.14. The molecular weight excluding hydrogens is 550 g/mol. The van der Waals surface area contributed by atoms with E-state index in [0.29, 0.717) is 45.9 Å². The molecule has 5 aromatic rings. The van der Waals surface area contributed by atoms with Crippen molar-refractivity contribution in [1.29, 1.82) is 0 Å². The minimum Gasteiger partial charge on any atom is -0.506 e. The number of carbonyl (C=O) groups excluding carboxylic acids is 2. The predicted molar refractivity (Wildman–Crippen MR) is 176 cm³/mol. The smallest absolute Gasteiger partial charge is 0.340 e. The summed E-state index contributed by atoms with van der Waals surface area (Å²) >= 11 is 0. The molecule has 0 aliphatic heterocycles. The molecule has 0 fully saturated rings. The molecule has 2 N–H and O–H groups in total. The Bertz CT molecular complexity index is 1810. The summed E-state index contributed by atoms with van der Waals surface area (Å²) in [7, 11) is 0. The van der Waals surface area contributed by atoms with Crippen LogP contribution < -0.4 is 5.32 Å². The maximum atomic E-state index is 13.5. The van der Waals surface area contributed by atoms with Crippen LogP contribution in [0.3, 0.4) is 0 Å². The lowest BCUT2D eigenvalue weighted by atomic mass is 10.0. The first-order valence-corrected chi connectivity index (χ1v) is 15.2. The first-order valence-electron chi connectivity index (χ1n) is 15.2. The molecule has 0 spiro atoms. The summed E-state index contributed by atoms with van der Waals surface area (Å²) in [6.07, 6.45) is 5.52. The van der Waals surface area contributed by atoms with Crippen LogP contribution in [-0.2, 0) is 4.74 Å². The van der Waals surface area contributed by atoms with Gasteiger partial charge in [0, 0.05) is 21.8 Å². The molecule has 0 heterocycles. The molecule has 1 unspecified atom stereocenters. The number of hydrogen-bond acceptors (Lipinski definition) is 6. The first kappa shape index (κ1) is 30.4. The minimum absolute atomic E-state index is 0.0614. The molecule has 0 saturated carbocycles. The highest BCUT2D eigenvalue weighted by atomic mass is 16.5. The number of rotatable bonds is 12. The number of nitrogens with zero attached hydrogens (tertiary/aromatic N) is 2. The van der Waals surface area contributed by atoms with E-state index in [9.17, 15) is 14.7 Å². The topological polar surface area (TPSA) is 100 Å². The maximum absolute atomic E-state index is 13.5. The Labute approximate surface area is 257 Å². The number of benzene rings is 5. The Morgan fingerprint density at radius 3 is 2.27 bits per heavy atom. The maximum Gasteiger partial charge on any atom is 0.340 e. The largest absolute Gasteiger partial charge is 0.506 e. The zero-order valence-corrected chi connectivity index (χ0v) is 25.1. The summed E-state index contributed by atoms with van der Waals surface area (Å²) in [6, 6.07) is 29.0. The van der Waals surface area contributed by atoms with E-state index in [4.69, 9.17) is 4.74 Å². The van der Waals surface area contributed by atoms with Crippen molar-refractivity contribution < 1.29 is 19.4 Å². The van der Waals surface area contributed by atoms with E-state index < -0.39 is 11.9 Å². The van der Waals surface area contributed by atoms with Crippen molar-refractivity contribution >= 4 is 50.5 Å². The van der Waals surface area contributed by atoms with Gasteiger partial charge in [-0.25, -0.2) is 4.79 Å². The van der Waals surface area contributed by atoms with E-state index in [1.165, 1.54) is 25.3 Å². The summed E-state index contributed by atoms with van der Waals surface area (Å²) in [5.74, 6) is -0.593. The van der Waals surface area contributed by atoms with Crippen LogP contribution in [-0.4, -0.2) is 23.6 Å². The fourth-order valence-electron chi connectivity index (χ4n) is 5.28. The third-order valence-electron chi connectivity index (χ3n) is 7.81. The summed E-state index contributed by atoms with van der Waals surface area (Å²) < 4.78 is 5.59. The van der Waals surface area contributed by atoms with Crippen molar-refractivity contribution in [3.63, 3.8) is 0 Å². The zero-order chi connectivity index (χ0) is 30.9. The first-order chi connectivity index (χ1) is 21.5. The normalized spacial score (nSPS) is 12.0. The van der Waals surface area contributed by atoms with Gasteiger partial charge in [-0.3, -0.25) is 4.79 Å². The van der Waals surface area contributed by atoms with E-state index in [1.54, 1.807) is 42.5 Å². The number of unbranched alkanes of at least 4 members (excludes halogenated alkanes) is 2. The Kier molecular flexibility index (Phi) is 9.97. The quantitative estimate of drug-likeness (QED) is 0.0861. The van der Waals surface area contributed by atoms with Gasteiger partial charge in [-0.05, 0) is 42.0 Å². The van der Waals surface area contributed by atoms with Gasteiger partial charge in [0.25, 0.3) is 5.91 Å². The van der Waals surface area contributed by atoms with Crippen LogP contribution in [0.25, 0.3) is 21.5 Å². The molecule has 7 heteroatoms. The van der Waals surface area contributed by atoms with Crippen molar-refractivity contribution in [2.24, 2.45) is 16.1 Å². The number of phenols is 1. The van der Waals surface area contributed by atoms with Gasteiger partial charge in [0.1, 0.15) is 11.4 Å². The van der Waals surface area contributed by atoms with Gasteiger partial charge in [-0.2, -0.15) is 0 Å². The summed E-state index contributed by atoms with van der Waals surface area (Å²) in [6.45, 7) is 4.72. The molecule has 0 aliphatic rings. The lowest BCUT2D eigenvalue weighted by Gasteiger charge is -2.13. The number of carbonyl (C=O) groups is 2. The van der Waals surface area contributed by atoms with Crippen LogP contribution in [0.5, 0.6) is 5.75 Å². The van der Waals surface area contributed by atoms with E-state index in [1.807, 2.05) is 48.5 Å². The molecule has 0 radical (unpaired) electrons. The number of ether oxygens (including phenoxy) is 1. The lowest BCUT2D eigenvalue weighted by molar-refractivity contribution is 0.0484. The highest BCUT2D eigenvalue weighted by Gasteiger charge is 2.19. The van der Waals surface area contributed by atoms with Gasteiger partial charge in [0.15, 0.2) is 0 Å². The van der Waals surface area contributed by atoms with Crippen LogP contribution in [0.15, 0.2) is 107 Å². The van der Waals surface area contributed by atoms with Crippen molar-refractivity contribution in [2.75, 3.05) is 11.9 Å². The number of phenolic OH excluding ortho intramolecular Hbond substituents is 1. The SMILES string of the molecule is CCCCCC(C)CCOC(=O)c1ccccc1N=Nc1cc(C(=O)Nc2cccc3ccccc23)c(O)c2ccccc12. The van der Waals surface area contributed by atoms with Gasteiger partial charge in [-0.15, -0.1) is 10.2 Å². The van der Waals surface area contributed by atoms with Crippen molar-refractivity contribution in [2.45, 2.75) is 46.0 Å². The second-order valence-electron chi connectivity index (χ2n) is 11.1. The number of azo groups is 1. The van der Waals surface area contributed by atoms with Crippen molar-refractivity contribution in [1.82, 2.24) is 0 Å². The number of anilines is 1. The number of hydrogen-bond donors (Lipinski definition) is 2. The summed E-state index contributed by atoms with van der Waals surface area (Å²) in [5, 5.41) is 25.9. The summed E-state index contributed by atoms with van der Waals surface area (Å²) in [4.78, 5) is 26.5. The van der Waals surface area contributed by atoms with Crippen LogP contribution in [0.4, 0.5) is 17.1 Å². The Balaban J connectivity index is 1.39. The van der Waals surface area contributed by atoms with Gasteiger partial charge in [0.2, 0.25) is 0 Å². The number of esters is 1. The van der Waals surface area contributed by atoms with Crippen LogP contribution in [0.1, 0.15) is 66.7 Å². The molecule has 1 atom stereocenters. The molecule has 0 aliphatic carbocycles.